The zero-order valence-corrected chi connectivity index (χ0v) is 11.4. The van der Waals surface area contributed by atoms with E-state index in [1.54, 1.807) is 0 Å². The lowest BCUT2D eigenvalue weighted by atomic mass is 9.85. The Bertz CT molecular complexity index is 394. The van der Waals surface area contributed by atoms with Crippen molar-refractivity contribution >= 4 is 0 Å². The Balaban J connectivity index is 2.25. The molecule has 1 N–H and O–H groups in total. The molecule has 0 amide bonds. The lowest BCUT2D eigenvalue weighted by molar-refractivity contribution is -0.0296. The van der Waals surface area contributed by atoms with E-state index in [-0.39, 0.29) is 0 Å². The van der Waals surface area contributed by atoms with E-state index in [2.05, 4.69) is 18.9 Å². The Morgan fingerprint density at radius 1 is 1.39 bits per heavy atom. The molecule has 1 aliphatic rings. The predicted molar refractivity (Wildman–Crippen MR) is 72.9 cm³/mol. The van der Waals surface area contributed by atoms with E-state index in [1.165, 1.54) is 0 Å². The maximum Gasteiger partial charge on any atom is 0.125 e. The normalized spacial score (nSPS) is 25.1. The highest BCUT2D eigenvalue weighted by atomic mass is 16.5. The lowest BCUT2D eigenvalue weighted by Gasteiger charge is -2.38. The number of ether oxygens (including phenoxy) is 1. The van der Waals surface area contributed by atoms with Crippen LogP contribution in [-0.2, 0) is 5.60 Å². The summed E-state index contributed by atoms with van der Waals surface area (Å²) >= 11 is 0. The Hall–Kier alpha value is -1.06. The minimum absolute atomic E-state index is 0.680. The Morgan fingerprint density at radius 3 is 2.89 bits per heavy atom. The molecule has 1 fully saturated rings. The molecule has 3 nitrogen and oxygen atoms in total. The van der Waals surface area contributed by atoms with Crippen molar-refractivity contribution in [3.8, 4) is 5.75 Å². The highest BCUT2D eigenvalue weighted by molar-refractivity contribution is 5.38. The number of nitrogens with zero attached hydrogens (tertiary/aromatic N) is 1. The third-order valence-electron chi connectivity index (χ3n) is 3.51. The smallest absolute Gasteiger partial charge is 0.125 e. The number of para-hydroxylation sites is 1. The largest absolute Gasteiger partial charge is 0.493 e. The van der Waals surface area contributed by atoms with E-state index >= 15 is 0 Å². The van der Waals surface area contributed by atoms with Crippen LogP contribution in [0, 0.1) is 0 Å². The van der Waals surface area contributed by atoms with E-state index in [4.69, 9.17) is 4.74 Å². The second kappa shape index (κ2) is 5.72. The molecular weight excluding hydrogens is 226 g/mol. The Labute approximate surface area is 109 Å². The quantitative estimate of drug-likeness (QED) is 0.889. The molecular formula is C15H23NO2. The van der Waals surface area contributed by atoms with Gasteiger partial charge in [-0.25, -0.2) is 0 Å². The molecule has 0 aliphatic carbocycles. The predicted octanol–water partition coefficient (Wildman–Crippen LogP) is 2.39. The molecule has 0 spiro atoms. The SMILES string of the molecule is CCCOc1ccccc1C1(O)CCCN(C)C1. The van der Waals surface area contributed by atoms with Crippen LogP contribution in [0.4, 0.5) is 0 Å². The highest BCUT2D eigenvalue weighted by Crippen LogP contribution is 2.36. The number of hydrogen-bond donors (Lipinski definition) is 1. The fraction of sp³-hybridized carbons (Fsp3) is 0.600. The van der Waals surface area contributed by atoms with E-state index < -0.39 is 5.60 Å². The zero-order chi connectivity index (χ0) is 13.0. The second-order valence-corrected chi connectivity index (χ2v) is 5.22. The third kappa shape index (κ3) is 2.85. The molecule has 1 atom stereocenters. The topological polar surface area (TPSA) is 32.7 Å². The maximum atomic E-state index is 10.9. The standard InChI is InChI=1S/C15H23NO2/c1-3-11-18-14-8-5-4-7-13(14)15(17)9-6-10-16(2)12-15/h4-5,7-8,17H,3,6,9-12H2,1-2H3. The van der Waals surface area contributed by atoms with Crippen molar-refractivity contribution in [3.63, 3.8) is 0 Å². The van der Waals surface area contributed by atoms with Crippen LogP contribution < -0.4 is 4.74 Å². The fourth-order valence-corrected chi connectivity index (χ4v) is 2.65. The first-order valence-corrected chi connectivity index (χ1v) is 6.79. The van der Waals surface area contributed by atoms with Crippen LogP contribution in [0.3, 0.4) is 0 Å². The number of likely N-dealkylation sites (tertiary alicyclic amines) is 1. The monoisotopic (exact) mass is 249 g/mol. The molecule has 0 bridgehead atoms. The van der Waals surface area contributed by atoms with Gasteiger partial charge in [0.1, 0.15) is 11.4 Å². The van der Waals surface area contributed by atoms with Crippen molar-refractivity contribution in [2.75, 3.05) is 26.7 Å². The van der Waals surface area contributed by atoms with Crippen molar-refractivity contribution in [3.05, 3.63) is 29.8 Å². The van der Waals surface area contributed by atoms with Gasteiger partial charge in [0.05, 0.1) is 6.61 Å². The van der Waals surface area contributed by atoms with Gasteiger partial charge in [-0.2, -0.15) is 0 Å². The minimum atomic E-state index is -0.767. The fourth-order valence-electron chi connectivity index (χ4n) is 2.65. The molecule has 3 heteroatoms. The van der Waals surface area contributed by atoms with Crippen LogP contribution >= 0.6 is 0 Å². The molecule has 2 rings (SSSR count). The first kappa shape index (κ1) is 13.4. The van der Waals surface area contributed by atoms with Crippen LogP contribution in [0.15, 0.2) is 24.3 Å². The first-order chi connectivity index (χ1) is 8.65. The summed E-state index contributed by atoms with van der Waals surface area (Å²) < 4.78 is 5.76. The Kier molecular flexibility index (Phi) is 4.25. The summed E-state index contributed by atoms with van der Waals surface area (Å²) in [4.78, 5) is 2.18. The van der Waals surface area contributed by atoms with E-state index in [1.807, 2.05) is 24.3 Å². The maximum absolute atomic E-state index is 10.9. The Morgan fingerprint density at radius 2 is 2.17 bits per heavy atom. The highest BCUT2D eigenvalue weighted by Gasteiger charge is 2.35. The summed E-state index contributed by atoms with van der Waals surface area (Å²) in [6.07, 6.45) is 2.81. The van der Waals surface area contributed by atoms with Gasteiger partial charge in [-0.3, -0.25) is 0 Å². The van der Waals surface area contributed by atoms with Gasteiger partial charge in [-0.15, -0.1) is 0 Å². The van der Waals surface area contributed by atoms with Crippen molar-refractivity contribution < 1.29 is 9.84 Å². The summed E-state index contributed by atoms with van der Waals surface area (Å²) in [7, 11) is 2.06. The van der Waals surface area contributed by atoms with E-state index in [0.717, 1.165) is 37.1 Å². The molecule has 1 heterocycles. The number of likely N-dealkylation sites (N-methyl/N-ethyl adjacent to an activating group) is 1. The number of piperidine rings is 1. The summed E-state index contributed by atoms with van der Waals surface area (Å²) in [6.45, 7) is 4.52. The molecule has 100 valence electrons. The molecule has 18 heavy (non-hydrogen) atoms. The van der Waals surface area contributed by atoms with Crippen LogP contribution in [0.5, 0.6) is 5.75 Å². The average Bonchev–Trinajstić information content (AvgIpc) is 2.36. The van der Waals surface area contributed by atoms with Gasteiger partial charge >= 0.3 is 0 Å². The molecule has 1 aromatic rings. The second-order valence-electron chi connectivity index (χ2n) is 5.22. The number of benzene rings is 1. The number of hydrogen-bond acceptors (Lipinski definition) is 3. The summed E-state index contributed by atoms with van der Waals surface area (Å²) in [5.74, 6) is 0.831. The van der Waals surface area contributed by atoms with E-state index in [9.17, 15) is 5.11 Å². The summed E-state index contributed by atoms with van der Waals surface area (Å²) in [5, 5.41) is 10.9. The van der Waals surface area contributed by atoms with E-state index in [0.29, 0.717) is 13.2 Å². The lowest BCUT2D eigenvalue weighted by Crippen LogP contribution is -2.44. The van der Waals surface area contributed by atoms with Crippen molar-refractivity contribution in [2.24, 2.45) is 0 Å². The number of β-amino-alcohol motifs (C(OH)–C–C–N with tert-alkyl or cyclic N) is 1. The van der Waals surface area contributed by atoms with Crippen molar-refractivity contribution in [1.29, 1.82) is 0 Å². The van der Waals surface area contributed by atoms with Gasteiger partial charge < -0.3 is 14.7 Å². The van der Waals surface area contributed by atoms with Gasteiger partial charge in [0.2, 0.25) is 0 Å². The molecule has 1 saturated heterocycles. The molecule has 0 aromatic heterocycles. The van der Waals surface area contributed by atoms with Gasteiger partial charge in [0.25, 0.3) is 0 Å². The zero-order valence-electron chi connectivity index (χ0n) is 11.4. The molecule has 1 aromatic carbocycles. The van der Waals surface area contributed by atoms with Gasteiger partial charge in [-0.1, -0.05) is 25.1 Å². The number of rotatable bonds is 4. The van der Waals surface area contributed by atoms with Crippen molar-refractivity contribution in [1.82, 2.24) is 4.90 Å². The third-order valence-corrected chi connectivity index (χ3v) is 3.51. The molecule has 1 aliphatic heterocycles. The summed E-state index contributed by atoms with van der Waals surface area (Å²) in [5.41, 5.74) is 0.169. The molecule has 1 unspecified atom stereocenters. The van der Waals surface area contributed by atoms with Gasteiger partial charge in [0.15, 0.2) is 0 Å². The average molecular weight is 249 g/mol. The van der Waals surface area contributed by atoms with Gasteiger partial charge in [-0.05, 0) is 38.9 Å². The van der Waals surface area contributed by atoms with Gasteiger partial charge in [0, 0.05) is 12.1 Å². The van der Waals surface area contributed by atoms with Crippen LogP contribution in [0.2, 0.25) is 0 Å². The number of aliphatic hydroxyl groups is 1. The molecule has 0 radical (unpaired) electrons. The minimum Gasteiger partial charge on any atom is -0.493 e. The molecule has 0 saturated carbocycles. The van der Waals surface area contributed by atoms with Crippen molar-refractivity contribution in [2.45, 2.75) is 31.8 Å². The van der Waals surface area contributed by atoms with Crippen LogP contribution in [-0.4, -0.2) is 36.8 Å². The van der Waals surface area contributed by atoms with Crippen LogP contribution in [0.1, 0.15) is 31.7 Å². The van der Waals surface area contributed by atoms with Crippen LogP contribution in [0.25, 0.3) is 0 Å². The summed E-state index contributed by atoms with van der Waals surface area (Å²) in [6, 6.07) is 7.88. The first-order valence-electron chi connectivity index (χ1n) is 6.79.